The molecule has 130 valence electrons. The quantitative estimate of drug-likeness (QED) is 0.781. The van der Waals surface area contributed by atoms with E-state index >= 15 is 0 Å². The van der Waals surface area contributed by atoms with Crippen molar-refractivity contribution in [3.63, 3.8) is 0 Å². The van der Waals surface area contributed by atoms with Gasteiger partial charge in [-0.3, -0.25) is 0 Å². The smallest absolute Gasteiger partial charge is 0.407 e. The summed E-state index contributed by atoms with van der Waals surface area (Å²) in [6, 6.07) is 5.05. The molecular formula is C18H30N2O2S. The minimum atomic E-state index is -0.451. The summed E-state index contributed by atoms with van der Waals surface area (Å²) in [6.07, 6.45) is 3.24. The second-order valence-electron chi connectivity index (χ2n) is 7.37. The van der Waals surface area contributed by atoms with Crippen molar-refractivity contribution >= 4 is 17.4 Å². The summed E-state index contributed by atoms with van der Waals surface area (Å²) in [5.74, 6) is 0.665. The first-order valence-corrected chi connectivity index (χ1v) is 9.41. The largest absolute Gasteiger partial charge is 0.444 e. The molecule has 1 aliphatic carbocycles. The first-order chi connectivity index (χ1) is 10.8. The standard InChI is InChI=1S/C18H30N2O2S/c1-6-14-9-10-16(23-14)12(2)20-15(13-7-8-13)11-19-17(21)22-18(3,4)5/h9-10,12-13,15,20H,6-8,11H2,1-5H3,(H,19,21). The van der Waals surface area contributed by atoms with Gasteiger partial charge in [-0.25, -0.2) is 4.79 Å². The van der Waals surface area contributed by atoms with Crippen molar-refractivity contribution in [1.82, 2.24) is 10.6 Å². The van der Waals surface area contributed by atoms with Crippen LogP contribution in [0.5, 0.6) is 0 Å². The van der Waals surface area contributed by atoms with Crippen LogP contribution in [0.25, 0.3) is 0 Å². The van der Waals surface area contributed by atoms with Gasteiger partial charge in [0.15, 0.2) is 0 Å². The number of amides is 1. The molecular weight excluding hydrogens is 308 g/mol. The summed E-state index contributed by atoms with van der Waals surface area (Å²) in [6.45, 7) is 10.7. The Morgan fingerprint density at radius 1 is 1.39 bits per heavy atom. The van der Waals surface area contributed by atoms with E-state index < -0.39 is 5.60 Å². The van der Waals surface area contributed by atoms with Crippen LogP contribution in [0.1, 0.15) is 63.3 Å². The maximum absolute atomic E-state index is 11.8. The van der Waals surface area contributed by atoms with E-state index in [2.05, 4.69) is 36.6 Å². The van der Waals surface area contributed by atoms with E-state index in [1.54, 1.807) is 0 Å². The average molecular weight is 339 g/mol. The molecule has 2 N–H and O–H groups in total. The Morgan fingerprint density at radius 2 is 2.09 bits per heavy atom. The summed E-state index contributed by atoms with van der Waals surface area (Å²) in [5.41, 5.74) is -0.451. The Kier molecular flexibility index (Phi) is 6.09. The fourth-order valence-corrected chi connectivity index (χ4v) is 3.55. The fourth-order valence-electron chi connectivity index (χ4n) is 2.59. The molecule has 1 aliphatic rings. The maximum atomic E-state index is 11.8. The molecule has 2 unspecified atom stereocenters. The summed E-state index contributed by atoms with van der Waals surface area (Å²) < 4.78 is 5.32. The molecule has 4 nitrogen and oxygen atoms in total. The molecule has 0 aliphatic heterocycles. The molecule has 2 atom stereocenters. The van der Waals surface area contributed by atoms with Crippen molar-refractivity contribution in [1.29, 1.82) is 0 Å². The van der Waals surface area contributed by atoms with Gasteiger partial charge in [-0.05, 0) is 65.0 Å². The summed E-state index contributed by atoms with van der Waals surface area (Å²) in [5, 5.41) is 6.60. The van der Waals surface area contributed by atoms with Crippen LogP contribution in [-0.4, -0.2) is 24.3 Å². The number of carbonyl (C=O) groups excluding carboxylic acids is 1. The number of aryl methyl sites for hydroxylation is 1. The van der Waals surface area contributed by atoms with Crippen LogP contribution >= 0.6 is 11.3 Å². The molecule has 0 spiro atoms. The molecule has 1 fully saturated rings. The molecule has 2 rings (SSSR count). The Morgan fingerprint density at radius 3 is 2.61 bits per heavy atom. The zero-order valence-corrected chi connectivity index (χ0v) is 15.8. The van der Waals surface area contributed by atoms with Gasteiger partial charge in [-0.15, -0.1) is 11.3 Å². The number of hydrogen-bond acceptors (Lipinski definition) is 4. The topological polar surface area (TPSA) is 50.4 Å². The number of ether oxygens (including phenoxy) is 1. The lowest BCUT2D eigenvalue weighted by Gasteiger charge is -2.25. The molecule has 1 heterocycles. The fraction of sp³-hybridized carbons (Fsp3) is 0.722. The van der Waals surface area contributed by atoms with Crippen molar-refractivity contribution in [2.75, 3.05) is 6.54 Å². The molecule has 23 heavy (non-hydrogen) atoms. The van der Waals surface area contributed by atoms with Crippen LogP contribution in [-0.2, 0) is 11.2 Å². The number of alkyl carbamates (subject to hydrolysis) is 1. The molecule has 0 bridgehead atoms. The van der Waals surface area contributed by atoms with Gasteiger partial charge >= 0.3 is 6.09 Å². The third kappa shape index (κ3) is 6.15. The predicted molar refractivity (Wildman–Crippen MR) is 96.0 cm³/mol. The summed E-state index contributed by atoms with van der Waals surface area (Å²) >= 11 is 1.87. The van der Waals surface area contributed by atoms with Gasteiger partial charge in [0.1, 0.15) is 5.60 Å². The van der Waals surface area contributed by atoms with Crippen molar-refractivity contribution in [2.24, 2.45) is 5.92 Å². The van der Waals surface area contributed by atoms with Crippen LogP contribution < -0.4 is 10.6 Å². The minimum absolute atomic E-state index is 0.310. The third-order valence-electron chi connectivity index (χ3n) is 3.98. The maximum Gasteiger partial charge on any atom is 0.407 e. The zero-order chi connectivity index (χ0) is 17.0. The van der Waals surface area contributed by atoms with Gasteiger partial charge in [0.25, 0.3) is 0 Å². The van der Waals surface area contributed by atoms with Gasteiger partial charge < -0.3 is 15.4 Å². The van der Waals surface area contributed by atoms with Gasteiger partial charge in [0, 0.05) is 28.4 Å². The molecule has 5 heteroatoms. The summed E-state index contributed by atoms with van der Waals surface area (Å²) in [4.78, 5) is 14.6. The number of nitrogens with one attached hydrogen (secondary N) is 2. The van der Waals surface area contributed by atoms with E-state index in [9.17, 15) is 4.79 Å². The number of carbonyl (C=O) groups is 1. The minimum Gasteiger partial charge on any atom is -0.444 e. The van der Waals surface area contributed by atoms with E-state index in [4.69, 9.17) is 4.74 Å². The van der Waals surface area contributed by atoms with Gasteiger partial charge in [0.2, 0.25) is 0 Å². The Bertz CT molecular complexity index is 517. The number of thiophene rings is 1. The lowest BCUT2D eigenvalue weighted by atomic mass is 10.1. The SMILES string of the molecule is CCc1ccc(C(C)NC(CNC(=O)OC(C)(C)C)C2CC2)s1. The Labute approximate surface area is 144 Å². The first kappa shape index (κ1) is 18.3. The Balaban J connectivity index is 1.85. The molecule has 1 aromatic heterocycles. The van der Waals surface area contributed by atoms with Crippen molar-refractivity contribution < 1.29 is 9.53 Å². The zero-order valence-electron chi connectivity index (χ0n) is 14.9. The second-order valence-corrected chi connectivity index (χ2v) is 8.57. The normalized spacial score (nSPS) is 17.6. The van der Waals surface area contributed by atoms with E-state index in [0.717, 1.165) is 6.42 Å². The van der Waals surface area contributed by atoms with Crippen LogP contribution in [0.15, 0.2) is 12.1 Å². The second kappa shape index (κ2) is 7.67. The highest BCUT2D eigenvalue weighted by atomic mass is 32.1. The highest BCUT2D eigenvalue weighted by Gasteiger charge is 2.32. The first-order valence-electron chi connectivity index (χ1n) is 8.60. The van der Waals surface area contributed by atoms with E-state index in [1.165, 1.54) is 22.6 Å². The highest BCUT2D eigenvalue weighted by Crippen LogP contribution is 2.34. The third-order valence-corrected chi connectivity index (χ3v) is 5.39. The molecule has 1 amide bonds. The van der Waals surface area contributed by atoms with E-state index in [0.29, 0.717) is 24.5 Å². The van der Waals surface area contributed by atoms with Gasteiger partial charge in [0.05, 0.1) is 0 Å². The van der Waals surface area contributed by atoms with Gasteiger partial charge in [-0.2, -0.15) is 0 Å². The average Bonchev–Trinajstić information content (AvgIpc) is 3.18. The van der Waals surface area contributed by atoms with E-state index in [-0.39, 0.29) is 6.09 Å². The van der Waals surface area contributed by atoms with Crippen molar-refractivity contribution in [3.05, 3.63) is 21.9 Å². The predicted octanol–water partition coefficient (Wildman–Crippen LogP) is 4.26. The number of rotatable bonds is 7. The molecule has 0 radical (unpaired) electrons. The van der Waals surface area contributed by atoms with Crippen LogP contribution in [0.2, 0.25) is 0 Å². The van der Waals surface area contributed by atoms with Crippen LogP contribution in [0, 0.1) is 5.92 Å². The lowest BCUT2D eigenvalue weighted by molar-refractivity contribution is 0.0520. The van der Waals surface area contributed by atoms with Crippen molar-refractivity contribution in [3.8, 4) is 0 Å². The summed E-state index contributed by atoms with van der Waals surface area (Å²) in [7, 11) is 0. The molecule has 0 saturated heterocycles. The van der Waals surface area contributed by atoms with Crippen molar-refractivity contribution in [2.45, 2.75) is 71.6 Å². The Hall–Kier alpha value is -1.07. The monoisotopic (exact) mass is 338 g/mol. The molecule has 1 aromatic rings. The van der Waals surface area contributed by atoms with Crippen LogP contribution in [0.4, 0.5) is 4.79 Å². The molecule has 1 saturated carbocycles. The highest BCUT2D eigenvalue weighted by molar-refractivity contribution is 7.12. The number of hydrogen-bond donors (Lipinski definition) is 2. The molecule has 0 aromatic carbocycles. The van der Waals surface area contributed by atoms with Crippen LogP contribution in [0.3, 0.4) is 0 Å². The van der Waals surface area contributed by atoms with Gasteiger partial charge in [-0.1, -0.05) is 6.92 Å². The van der Waals surface area contributed by atoms with E-state index in [1.807, 2.05) is 32.1 Å². The lowest BCUT2D eigenvalue weighted by Crippen LogP contribution is -2.44.